The molecule has 18 heavy (non-hydrogen) atoms. The number of nitrogens with one attached hydrogen (secondary N) is 1. The predicted molar refractivity (Wildman–Crippen MR) is 79.5 cm³/mol. The molecule has 2 heteroatoms. The Bertz CT molecular complexity index is 417. The average molecular weight is 308 g/mol. The van der Waals surface area contributed by atoms with Gasteiger partial charge in [0.25, 0.3) is 0 Å². The second-order valence-corrected chi connectivity index (χ2v) is 6.84. The molecule has 1 nitrogen and oxygen atoms in total. The molecule has 2 saturated carbocycles. The lowest BCUT2D eigenvalue weighted by molar-refractivity contribution is 0.253. The molecule has 0 aromatic heterocycles. The van der Waals surface area contributed by atoms with Gasteiger partial charge in [-0.3, -0.25) is 0 Å². The van der Waals surface area contributed by atoms with Crippen molar-refractivity contribution in [2.45, 2.75) is 38.6 Å². The summed E-state index contributed by atoms with van der Waals surface area (Å²) in [7, 11) is 0. The van der Waals surface area contributed by atoms with Crippen LogP contribution >= 0.6 is 15.9 Å². The smallest absolute Gasteiger partial charge is 0.0351 e. The number of hydrogen-bond acceptors (Lipinski definition) is 1. The summed E-state index contributed by atoms with van der Waals surface area (Å²) in [6.07, 6.45) is 5.87. The molecule has 2 aliphatic rings. The molecular weight excluding hydrogens is 286 g/mol. The van der Waals surface area contributed by atoms with Crippen LogP contribution in [-0.4, -0.2) is 6.54 Å². The highest BCUT2D eigenvalue weighted by Crippen LogP contribution is 2.52. The van der Waals surface area contributed by atoms with Crippen molar-refractivity contribution < 1.29 is 0 Å². The molecule has 4 atom stereocenters. The number of hydrogen-bond donors (Lipinski definition) is 1. The van der Waals surface area contributed by atoms with Crippen LogP contribution < -0.4 is 5.32 Å². The zero-order valence-electron chi connectivity index (χ0n) is 11.0. The Balaban J connectivity index is 1.84. The minimum absolute atomic E-state index is 0.558. The molecule has 98 valence electrons. The Kier molecular flexibility index (Phi) is 3.76. The number of benzene rings is 1. The molecule has 1 N–H and O–H groups in total. The van der Waals surface area contributed by atoms with Gasteiger partial charge < -0.3 is 5.32 Å². The highest BCUT2D eigenvalue weighted by Gasteiger charge is 2.43. The molecule has 2 bridgehead atoms. The third-order valence-electron chi connectivity index (χ3n) is 4.85. The summed E-state index contributed by atoms with van der Waals surface area (Å²) < 4.78 is 1.20. The number of fused-ring (bicyclic) bond motifs is 2. The van der Waals surface area contributed by atoms with Crippen molar-refractivity contribution in [3.63, 3.8) is 0 Å². The second-order valence-electron chi connectivity index (χ2n) is 5.93. The highest BCUT2D eigenvalue weighted by molar-refractivity contribution is 9.10. The minimum atomic E-state index is 0.558. The fraction of sp³-hybridized carbons (Fsp3) is 0.625. The molecule has 4 unspecified atom stereocenters. The number of rotatable bonds is 4. The monoisotopic (exact) mass is 307 g/mol. The lowest BCUT2D eigenvalue weighted by Crippen LogP contribution is -2.31. The van der Waals surface area contributed by atoms with Crippen LogP contribution in [0.3, 0.4) is 0 Å². The van der Waals surface area contributed by atoms with Gasteiger partial charge in [0, 0.05) is 10.5 Å². The van der Waals surface area contributed by atoms with E-state index in [0.29, 0.717) is 6.04 Å². The SMILES string of the molecule is CCNC(c1cccc(Br)c1)C1CC2CCC1C2. The Morgan fingerprint density at radius 1 is 1.33 bits per heavy atom. The van der Waals surface area contributed by atoms with Gasteiger partial charge in [-0.15, -0.1) is 0 Å². The first kappa shape index (κ1) is 12.7. The molecule has 2 aliphatic carbocycles. The topological polar surface area (TPSA) is 12.0 Å². The first-order chi connectivity index (χ1) is 8.78. The summed E-state index contributed by atoms with van der Waals surface area (Å²) in [5.41, 5.74) is 1.46. The summed E-state index contributed by atoms with van der Waals surface area (Å²) in [4.78, 5) is 0. The van der Waals surface area contributed by atoms with Crippen LogP contribution in [0, 0.1) is 17.8 Å². The van der Waals surface area contributed by atoms with E-state index in [4.69, 9.17) is 0 Å². The molecule has 1 aromatic carbocycles. The predicted octanol–water partition coefficient (Wildman–Crippen LogP) is 4.54. The summed E-state index contributed by atoms with van der Waals surface area (Å²) in [5, 5.41) is 3.73. The second kappa shape index (κ2) is 5.34. The molecule has 0 heterocycles. The lowest BCUT2D eigenvalue weighted by Gasteiger charge is -2.31. The Morgan fingerprint density at radius 3 is 2.83 bits per heavy atom. The first-order valence-electron chi connectivity index (χ1n) is 7.26. The minimum Gasteiger partial charge on any atom is -0.310 e. The van der Waals surface area contributed by atoms with Crippen molar-refractivity contribution in [3.8, 4) is 0 Å². The molecule has 3 rings (SSSR count). The molecule has 0 amide bonds. The molecular formula is C16H22BrN. The van der Waals surface area contributed by atoms with Gasteiger partial charge in [0.1, 0.15) is 0 Å². The Labute approximate surface area is 118 Å². The van der Waals surface area contributed by atoms with Gasteiger partial charge in [-0.25, -0.2) is 0 Å². The van der Waals surface area contributed by atoms with Crippen LogP contribution in [0.15, 0.2) is 28.7 Å². The normalized spacial score (nSPS) is 31.8. The lowest BCUT2D eigenvalue weighted by atomic mass is 9.80. The standard InChI is InChI=1S/C16H22BrN/c1-2-18-16(13-4-3-5-14(17)10-13)15-9-11-6-7-12(15)8-11/h3-5,10-12,15-16,18H,2,6-9H2,1H3. The third-order valence-corrected chi connectivity index (χ3v) is 5.35. The first-order valence-corrected chi connectivity index (χ1v) is 8.06. The van der Waals surface area contributed by atoms with Gasteiger partial charge >= 0.3 is 0 Å². The van der Waals surface area contributed by atoms with E-state index in [-0.39, 0.29) is 0 Å². The molecule has 0 radical (unpaired) electrons. The molecule has 1 aromatic rings. The zero-order valence-corrected chi connectivity index (χ0v) is 12.6. The summed E-state index contributed by atoms with van der Waals surface area (Å²) in [5.74, 6) is 2.85. The maximum absolute atomic E-state index is 3.73. The quantitative estimate of drug-likeness (QED) is 0.861. The molecule has 0 spiro atoms. The van der Waals surface area contributed by atoms with Crippen LogP contribution in [-0.2, 0) is 0 Å². The van der Waals surface area contributed by atoms with E-state index >= 15 is 0 Å². The average Bonchev–Trinajstić information content (AvgIpc) is 2.98. The van der Waals surface area contributed by atoms with Crippen molar-refractivity contribution >= 4 is 15.9 Å². The van der Waals surface area contributed by atoms with Crippen molar-refractivity contribution in [3.05, 3.63) is 34.3 Å². The van der Waals surface area contributed by atoms with Crippen LogP contribution in [0.5, 0.6) is 0 Å². The third kappa shape index (κ3) is 2.37. The molecule has 0 aliphatic heterocycles. The van der Waals surface area contributed by atoms with E-state index in [0.717, 1.165) is 24.3 Å². The van der Waals surface area contributed by atoms with Gasteiger partial charge in [0.05, 0.1) is 0 Å². The van der Waals surface area contributed by atoms with Gasteiger partial charge in [-0.2, -0.15) is 0 Å². The maximum atomic E-state index is 3.73. The Morgan fingerprint density at radius 2 is 2.22 bits per heavy atom. The zero-order chi connectivity index (χ0) is 12.5. The fourth-order valence-corrected chi connectivity index (χ4v) is 4.56. The molecule has 0 saturated heterocycles. The maximum Gasteiger partial charge on any atom is 0.0351 e. The van der Waals surface area contributed by atoms with Crippen LogP contribution in [0.2, 0.25) is 0 Å². The van der Waals surface area contributed by atoms with Gasteiger partial charge in [-0.1, -0.05) is 41.4 Å². The molecule has 2 fully saturated rings. The van der Waals surface area contributed by atoms with E-state index in [1.807, 2.05) is 0 Å². The van der Waals surface area contributed by atoms with E-state index in [9.17, 15) is 0 Å². The van der Waals surface area contributed by atoms with Gasteiger partial charge in [0.15, 0.2) is 0 Å². The summed E-state index contributed by atoms with van der Waals surface area (Å²) >= 11 is 3.60. The fourth-order valence-electron chi connectivity index (χ4n) is 4.14. The van der Waals surface area contributed by atoms with Crippen molar-refractivity contribution in [1.29, 1.82) is 0 Å². The number of halogens is 1. The highest BCUT2D eigenvalue weighted by atomic mass is 79.9. The van der Waals surface area contributed by atoms with Gasteiger partial charge in [-0.05, 0) is 61.3 Å². The van der Waals surface area contributed by atoms with Crippen LogP contribution in [0.25, 0.3) is 0 Å². The van der Waals surface area contributed by atoms with Crippen molar-refractivity contribution in [2.24, 2.45) is 17.8 Å². The van der Waals surface area contributed by atoms with E-state index < -0.39 is 0 Å². The summed E-state index contributed by atoms with van der Waals surface area (Å²) in [6.45, 7) is 3.28. The Hall–Kier alpha value is -0.340. The largest absolute Gasteiger partial charge is 0.310 e. The van der Waals surface area contributed by atoms with E-state index in [2.05, 4.69) is 52.4 Å². The van der Waals surface area contributed by atoms with Crippen LogP contribution in [0.4, 0.5) is 0 Å². The van der Waals surface area contributed by atoms with Gasteiger partial charge in [0.2, 0.25) is 0 Å². The van der Waals surface area contributed by atoms with Crippen molar-refractivity contribution in [2.75, 3.05) is 6.54 Å². The summed E-state index contributed by atoms with van der Waals surface area (Å²) in [6, 6.07) is 9.41. The van der Waals surface area contributed by atoms with Crippen molar-refractivity contribution in [1.82, 2.24) is 5.32 Å². The van der Waals surface area contributed by atoms with E-state index in [1.54, 1.807) is 0 Å². The van der Waals surface area contributed by atoms with E-state index in [1.165, 1.54) is 35.7 Å². The van der Waals surface area contributed by atoms with Crippen LogP contribution in [0.1, 0.15) is 44.2 Å².